The van der Waals surface area contributed by atoms with E-state index in [-0.39, 0.29) is 18.1 Å². The molecule has 1 aliphatic rings. The molecule has 8 nitrogen and oxygen atoms in total. The third-order valence-electron chi connectivity index (χ3n) is 5.28. The number of nitro benzene ring substituents is 1. The molecule has 0 aromatic heterocycles. The van der Waals surface area contributed by atoms with Gasteiger partial charge in [-0.05, 0) is 23.8 Å². The molecule has 0 bridgehead atoms. The van der Waals surface area contributed by atoms with Gasteiger partial charge in [0.25, 0.3) is 5.69 Å². The first kappa shape index (κ1) is 21.3. The lowest BCUT2D eigenvalue weighted by atomic mass is 10.1. The van der Waals surface area contributed by atoms with Gasteiger partial charge in [-0.15, -0.1) is 0 Å². The van der Waals surface area contributed by atoms with E-state index in [0.29, 0.717) is 24.4 Å². The lowest BCUT2D eigenvalue weighted by Crippen LogP contribution is -2.42. The highest BCUT2D eigenvalue weighted by Gasteiger charge is 2.31. The van der Waals surface area contributed by atoms with Crippen molar-refractivity contribution in [2.75, 3.05) is 13.7 Å². The summed E-state index contributed by atoms with van der Waals surface area (Å²) in [5.41, 5.74) is 2.51. The van der Waals surface area contributed by atoms with E-state index in [1.165, 1.54) is 12.1 Å². The van der Waals surface area contributed by atoms with Gasteiger partial charge in [0, 0.05) is 36.3 Å². The quantitative estimate of drug-likeness (QED) is 0.450. The summed E-state index contributed by atoms with van der Waals surface area (Å²) in [6.45, 7) is 0.951. The van der Waals surface area contributed by atoms with E-state index in [4.69, 9.17) is 9.47 Å². The van der Waals surface area contributed by atoms with Crippen molar-refractivity contribution in [3.05, 3.63) is 99.6 Å². The summed E-state index contributed by atoms with van der Waals surface area (Å²) in [6, 6.07) is 21.4. The Bertz CT molecular complexity index is 1120. The molecule has 8 heteroatoms. The van der Waals surface area contributed by atoms with Crippen LogP contribution in [0, 0.1) is 10.1 Å². The van der Waals surface area contributed by atoms with Crippen molar-refractivity contribution in [3.8, 4) is 11.5 Å². The Morgan fingerprint density at radius 2 is 1.94 bits per heavy atom. The van der Waals surface area contributed by atoms with Crippen LogP contribution < -0.4 is 14.8 Å². The minimum Gasteiger partial charge on any atom is -0.497 e. The molecule has 1 heterocycles. The number of methoxy groups -OCH3 is 1. The zero-order valence-corrected chi connectivity index (χ0v) is 17.6. The first-order valence-corrected chi connectivity index (χ1v) is 10.2. The molecule has 0 saturated carbocycles. The van der Waals surface area contributed by atoms with Gasteiger partial charge in [0.15, 0.2) is 6.23 Å². The molecule has 4 rings (SSSR count). The second-order valence-corrected chi connectivity index (χ2v) is 7.46. The van der Waals surface area contributed by atoms with Gasteiger partial charge in [0.1, 0.15) is 11.5 Å². The fourth-order valence-electron chi connectivity index (χ4n) is 3.64. The standard InChI is InChI=1S/C24H23N3O5/c1-31-21-11-9-17(10-12-21)14-25-23(28)16-26-15-19-5-2-3-8-22(19)32-24(26)18-6-4-7-20(13-18)27(29)30/h2-13,24H,14-16H2,1H3,(H,25,28). The summed E-state index contributed by atoms with van der Waals surface area (Å²) >= 11 is 0. The van der Waals surface area contributed by atoms with Crippen molar-refractivity contribution in [1.82, 2.24) is 10.2 Å². The fourth-order valence-corrected chi connectivity index (χ4v) is 3.64. The summed E-state index contributed by atoms with van der Waals surface area (Å²) in [6.07, 6.45) is -0.614. The van der Waals surface area contributed by atoms with Crippen LogP contribution in [0.25, 0.3) is 0 Å². The smallest absolute Gasteiger partial charge is 0.269 e. The normalized spacial score (nSPS) is 15.3. The molecule has 3 aromatic carbocycles. The third kappa shape index (κ3) is 4.87. The van der Waals surface area contributed by atoms with Crippen molar-refractivity contribution >= 4 is 11.6 Å². The maximum absolute atomic E-state index is 12.7. The topological polar surface area (TPSA) is 93.9 Å². The number of nitrogens with one attached hydrogen (secondary N) is 1. The molecule has 0 fully saturated rings. The highest BCUT2D eigenvalue weighted by molar-refractivity contribution is 5.78. The average molecular weight is 433 g/mol. The van der Waals surface area contributed by atoms with Crippen LogP contribution in [0.4, 0.5) is 5.69 Å². The van der Waals surface area contributed by atoms with Crippen LogP contribution in [-0.2, 0) is 17.9 Å². The fraction of sp³-hybridized carbons (Fsp3) is 0.208. The number of para-hydroxylation sites is 1. The number of carbonyl (C=O) groups excluding carboxylic acids is 1. The van der Waals surface area contributed by atoms with E-state index in [9.17, 15) is 14.9 Å². The number of benzene rings is 3. The van der Waals surface area contributed by atoms with Crippen molar-refractivity contribution < 1.29 is 19.2 Å². The molecule has 164 valence electrons. The van der Waals surface area contributed by atoms with E-state index in [2.05, 4.69) is 5.32 Å². The Hall–Kier alpha value is -3.91. The molecule has 0 aliphatic carbocycles. The minimum atomic E-state index is -0.614. The predicted octanol–water partition coefficient (Wildman–Crippen LogP) is 3.81. The second-order valence-electron chi connectivity index (χ2n) is 7.46. The number of amides is 1. The molecule has 0 saturated heterocycles. The largest absolute Gasteiger partial charge is 0.497 e. The molecule has 1 N–H and O–H groups in total. The zero-order valence-electron chi connectivity index (χ0n) is 17.6. The number of rotatable bonds is 7. The summed E-state index contributed by atoms with van der Waals surface area (Å²) in [5.74, 6) is 1.29. The number of nitro groups is 1. The molecular weight excluding hydrogens is 410 g/mol. The van der Waals surface area contributed by atoms with Crippen LogP contribution in [0.1, 0.15) is 22.9 Å². The second kappa shape index (κ2) is 9.49. The van der Waals surface area contributed by atoms with Gasteiger partial charge in [-0.25, -0.2) is 0 Å². The average Bonchev–Trinajstić information content (AvgIpc) is 2.82. The molecule has 1 atom stereocenters. The molecule has 3 aromatic rings. The van der Waals surface area contributed by atoms with E-state index in [1.807, 2.05) is 53.4 Å². The van der Waals surface area contributed by atoms with Crippen LogP contribution in [0.2, 0.25) is 0 Å². The molecule has 0 radical (unpaired) electrons. The number of hydrogen-bond donors (Lipinski definition) is 1. The van der Waals surface area contributed by atoms with Crippen molar-refractivity contribution in [3.63, 3.8) is 0 Å². The molecule has 1 aliphatic heterocycles. The monoisotopic (exact) mass is 433 g/mol. The number of nitrogens with zero attached hydrogens (tertiary/aromatic N) is 2. The van der Waals surface area contributed by atoms with Crippen molar-refractivity contribution in [1.29, 1.82) is 0 Å². The third-order valence-corrected chi connectivity index (χ3v) is 5.28. The number of fused-ring (bicyclic) bond motifs is 1. The molecular formula is C24H23N3O5. The number of hydrogen-bond acceptors (Lipinski definition) is 6. The Labute approximate surface area is 185 Å². The summed E-state index contributed by atoms with van der Waals surface area (Å²) < 4.78 is 11.3. The number of non-ortho nitro benzene ring substituents is 1. The summed E-state index contributed by atoms with van der Waals surface area (Å²) in [4.78, 5) is 25.4. The van der Waals surface area contributed by atoms with Crippen molar-refractivity contribution in [2.24, 2.45) is 0 Å². The van der Waals surface area contributed by atoms with E-state index >= 15 is 0 Å². The Morgan fingerprint density at radius 3 is 2.69 bits per heavy atom. The van der Waals surface area contributed by atoms with Gasteiger partial charge in [-0.1, -0.05) is 42.5 Å². The first-order valence-electron chi connectivity index (χ1n) is 10.2. The van der Waals surface area contributed by atoms with Gasteiger partial charge in [-0.2, -0.15) is 0 Å². The highest BCUT2D eigenvalue weighted by Crippen LogP contribution is 2.35. The van der Waals surface area contributed by atoms with E-state index in [1.54, 1.807) is 19.2 Å². The molecule has 1 amide bonds. The van der Waals surface area contributed by atoms with Crippen LogP contribution in [0.5, 0.6) is 11.5 Å². The van der Waals surface area contributed by atoms with Crippen LogP contribution in [0.3, 0.4) is 0 Å². The van der Waals surface area contributed by atoms with Gasteiger partial charge in [0.05, 0.1) is 18.6 Å². The first-order chi connectivity index (χ1) is 15.5. The van der Waals surface area contributed by atoms with Gasteiger partial charge in [-0.3, -0.25) is 19.8 Å². The van der Waals surface area contributed by atoms with Crippen molar-refractivity contribution in [2.45, 2.75) is 19.3 Å². The van der Waals surface area contributed by atoms with E-state index < -0.39 is 11.2 Å². The lowest BCUT2D eigenvalue weighted by molar-refractivity contribution is -0.385. The Kier molecular flexibility index (Phi) is 6.32. The molecule has 32 heavy (non-hydrogen) atoms. The Morgan fingerprint density at radius 1 is 1.16 bits per heavy atom. The van der Waals surface area contributed by atoms with Crippen LogP contribution in [-0.4, -0.2) is 29.4 Å². The Balaban J connectivity index is 1.50. The highest BCUT2D eigenvalue weighted by atomic mass is 16.6. The maximum Gasteiger partial charge on any atom is 0.269 e. The SMILES string of the molecule is COc1ccc(CNC(=O)CN2Cc3ccccc3OC2c2cccc([N+](=O)[O-])c2)cc1. The van der Waals surface area contributed by atoms with Gasteiger partial charge < -0.3 is 14.8 Å². The number of ether oxygens (including phenoxy) is 2. The molecule has 0 spiro atoms. The van der Waals surface area contributed by atoms with Crippen LogP contribution in [0.15, 0.2) is 72.8 Å². The summed E-state index contributed by atoms with van der Waals surface area (Å²) in [7, 11) is 1.60. The molecule has 1 unspecified atom stereocenters. The minimum absolute atomic E-state index is 0.0196. The van der Waals surface area contributed by atoms with E-state index in [0.717, 1.165) is 16.9 Å². The van der Waals surface area contributed by atoms with Gasteiger partial charge >= 0.3 is 0 Å². The summed E-state index contributed by atoms with van der Waals surface area (Å²) in [5, 5.41) is 14.2. The maximum atomic E-state index is 12.7. The zero-order chi connectivity index (χ0) is 22.5. The predicted molar refractivity (Wildman–Crippen MR) is 118 cm³/mol. The lowest BCUT2D eigenvalue weighted by Gasteiger charge is -2.36. The van der Waals surface area contributed by atoms with Crippen LogP contribution >= 0.6 is 0 Å². The number of carbonyl (C=O) groups is 1. The van der Waals surface area contributed by atoms with Gasteiger partial charge in [0.2, 0.25) is 5.91 Å².